The summed E-state index contributed by atoms with van der Waals surface area (Å²) in [4.78, 5) is 13.8. The molecule has 5 unspecified atom stereocenters. The molecular formula is C26H26O12. The Hall–Kier alpha value is -3.81. The van der Waals surface area contributed by atoms with Crippen LogP contribution in [0.25, 0.3) is 28.4 Å². The molecule has 1 saturated heterocycles. The molecule has 2 aliphatic heterocycles. The van der Waals surface area contributed by atoms with Gasteiger partial charge < -0.3 is 54.4 Å². The fraction of sp³-hybridized carbons (Fsp3) is 0.346. The van der Waals surface area contributed by atoms with Gasteiger partial charge in [0.1, 0.15) is 46.9 Å². The molecule has 5 atom stereocenters. The molecule has 0 amide bonds. The van der Waals surface area contributed by atoms with E-state index in [1.807, 2.05) is 0 Å². The van der Waals surface area contributed by atoms with Crippen molar-refractivity contribution in [1.29, 1.82) is 0 Å². The van der Waals surface area contributed by atoms with E-state index in [1.54, 1.807) is 26.0 Å². The summed E-state index contributed by atoms with van der Waals surface area (Å²) in [6.45, 7) is 2.86. The van der Waals surface area contributed by atoms with Crippen LogP contribution in [0.2, 0.25) is 0 Å². The molecule has 202 valence electrons. The van der Waals surface area contributed by atoms with Crippen molar-refractivity contribution >= 4 is 17.0 Å². The van der Waals surface area contributed by atoms with Gasteiger partial charge in [0.15, 0.2) is 22.8 Å². The van der Waals surface area contributed by atoms with E-state index in [-0.39, 0.29) is 28.0 Å². The minimum atomic E-state index is -1.85. The summed E-state index contributed by atoms with van der Waals surface area (Å²) in [6, 6.07) is 4.83. The summed E-state index contributed by atoms with van der Waals surface area (Å²) in [6.07, 6.45) is -4.97. The predicted molar refractivity (Wildman–Crippen MR) is 131 cm³/mol. The molecule has 2 aliphatic rings. The van der Waals surface area contributed by atoms with Gasteiger partial charge in [-0.15, -0.1) is 0 Å². The van der Waals surface area contributed by atoms with Crippen molar-refractivity contribution in [2.24, 2.45) is 0 Å². The average Bonchev–Trinajstić information content (AvgIpc) is 2.86. The molecule has 0 aliphatic carbocycles. The zero-order valence-electron chi connectivity index (χ0n) is 20.2. The Bertz CT molecular complexity index is 1490. The van der Waals surface area contributed by atoms with E-state index in [9.17, 15) is 40.5 Å². The molecule has 3 aromatic rings. The van der Waals surface area contributed by atoms with Crippen LogP contribution in [0.15, 0.2) is 39.6 Å². The van der Waals surface area contributed by atoms with Gasteiger partial charge in [0.05, 0.1) is 12.2 Å². The Morgan fingerprint density at radius 3 is 2.39 bits per heavy atom. The van der Waals surface area contributed by atoms with Crippen LogP contribution in [0.1, 0.15) is 19.4 Å². The van der Waals surface area contributed by atoms with Crippen LogP contribution in [-0.4, -0.2) is 78.7 Å². The Morgan fingerprint density at radius 2 is 1.71 bits per heavy atom. The third kappa shape index (κ3) is 4.22. The number of aliphatic hydroxyl groups excluding tert-OH is 4. The Morgan fingerprint density at radius 1 is 0.974 bits per heavy atom. The van der Waals surface area contributed by atoms with E-state index in [1.165, 1.54) is 12.1 Å². The largest absolute Gasteiger partial charge is 0.507 e. The number of hydrogen-bond donors (Lipinski definition) is 7. The number of aliphatic hydroxyl groups is 4. The second kappa shape index (κ2) is 9.19. The van der Waals surface area contributed by atoms with Crippen molar-refractivity contribution in [2.75, 3.05) is 6.61 Å². The number of phenolic OH excluding ortho intramolecular Hbond substituents is 3. The highest BCUT2D eigenvalue weighted by Gasteiger charge is 2.45. The number of ether oxygens (including phenoxy) is 3. The normalized spacial score (nSPS) is 26.1. The minimum absolute atomic E-state index is 0.0667. The van der Waals surface area contributed by atoms with Crippen LogP contribution in [0.3, 0.4) is 0 Å². The van der Waals surface area contributed by atoms with Gasteiger partial charge in [-0.3, -0.25) is 4.79 Å². The lowest BCUT2D eigenvalue weighted by Crippen LogP contribution is -2.60. The predicted octanol–water partition coefficient (Wildman–Crippen LogP) is 0.940. The van der Waals surface area contributed by atoms with Crippen molar-refractivity contribution < 1.29 is 54.4 Å². The highest BCUT2D eigenvalue weighted by Crippen LogP contribution is 2.44. The van der Waals surface area contributed by atoms with Gasteiger partial charge in [-0.1, -0.05) is 0 Å². The topological polar surface area (TPSA) is 200 Å². The number of phenols is 3. The SMILES string of the molecule is CC1(C)C=Cc2c(cc(O)c3c(=O)c(OC4OC(CO)C(O)C(O)C4O)c(-c4ccc(O)c(O)c4)oc23)O1. The lowest BCUT2D eigenvalue weighted by Gasteiger charge is -2.39. The maximum atomic E-state index is 13.8. The second-order valence-corrected chi connectivity index (χ2v) is 9.66. The Labute approximate surface area is 214 Å². The first-order chi connectivity index (χ1) is 17.9. The summed E-state index contributed by atoms with van der Waals surface area (Å²) in [5.41, 5.74) is -1.26. The van der Waals surface area contributed by atoms with Crippen molar-refractivity contribution in [1.82, 2.24) is 0 Å². The fourth-order valence-electron chi connectivity index (χ4n) is 4.41. The molecule has 1 aromatic heterocycles. The summed E-state index contributed by atoms with van der Waals surface area (Å²) in [7, 11) is 0. The molecule has 12 nitrogen and oxygen atoms in total. The van der Waals surface area contributed by atoms with Gasteiger partial charge in [0.2, 0.25) is 17.5 Å². The van der Waals surface area contributed by atoms with E-state index in [0.29, 0.717) is 5.56 Å². The average molecular weight is 530 g/mol. The second-order valence-electron chi connectivity index (χ2n) is 9.66. The van der Waals surface area contributed by atoms with Crippen LogP contribution in [-0.2, 0) is 4.74 Å². The van der Waals surface area contributed by atoms with E-state index in [4.69, 9.17) is 18.6 Å². The third-order valence-corrected chi connectivity index (χ3v) is 6.45. The van der Waals surface area contributed by atoms with Crippen LogP contribution in [0.4, 0.5) is 0 Å². The molecule has 38 heavy (non-hydrogen) atoms. The van der Waals surface area contributed by atoms with Crippen molar-refractivity contribution in [3.05, 3.63) is 46.1 Å². The summed E-state index contributed by atoms with van der Waals surface area (Å²) in [5, 5.41) is 70.6. The van der Waals surface area contributed by atoms with E-state index < -0.39 is 71.3 Å². The number of aromatic hydroxyl groups is 3. The van der Waals surface area contributed by atoms with Crippen molar-refractivity contribution in [3.63, 3.8) is 0 Å². The van der Waals surface area contributed by atoms with Crippen LogP contribution in [0.5, 0.6) is 28.7 Å². The Kier molecular flexibility index (Phi) is 6.24. The van der Waals surface area contributed by atoms with E-state index >= 15 is 0 Å². The van der Waals surface area contributed by atoms with E-state index in [2.05, 4.69) is 0 Å². The maximum Gasteiger partial charge on any atom is 0.239 e. The van der Waals surface area contributed by atoms with Gasteiger partial charge in [0.25, 0.3) is 0 Å². The van der Waals surface area contributed by atoms with Gasteiger partial charge in [-0.25, -0.2) is 0 Å². The summed E-state index contributed by atoms with van der Waals surface area (Å²) < 4.78 is 23.0. The molecule has 0 bridgehead atoms. The van der Waals surface area contributed by atoms with Crippen molar-refractivity contribution in [3.8, 4) is 40.1 Å². The molecule has 1 fully saturated rings. The minimum Gasteiger partial charge on any atom is -0.507 e. The first kappa shape index (κ1) is 25.8. The first-order valence-corrected chi connectivity index (χ1v) is 11.7. The zero-order valence-corrected chi connectivity index (χ0v) is 20.2. The molecule has 0 saturated carbocycles. The molecule has 3 heterocycles. The molecule has 7 N–H and O–H groups in total. The van der Waals surface area contributed by atoms with Gasteiger partial charge in [-0.2, -0.15) is 0 Å². The van der Waals surface area contributed by atoms with Crippen LogP contribution in [0, 0.1) is 0 Å². The zero-order chi connectivity index (χ0) is 27.5. The van der Waals surface area contributed by atoms with Crippen LogP contribution >= 0.6 is 0 Å². The molecule has 2 aromatic carbocycles. The number of hydrogen-bond acceptors (Lipinski definition) is 12. The standard InChI is InChI=1S/C26H26O12/c1-26(2)6-5-11-15(38-26)8-14(30)17-19(32)24(37-25-21(34)20(33)18(31)16(9-27)35-25)22(36-23(11)17)10-3-4-12(28)13(29)7-10/h3-8,16,18,20-21,25,27-31,33-34H,9H2,1-2H3. The molecule has 5 rings (SSSR count). The number of benzene rings is 2. The highest BCUT2D eigenvalue weighted by atomic mass is 16.7. The molecule has 0 radical (unpaired) electrons. The van der Waals surface area contributed by atoms with Gasteiger partial charge in [0, 0.05) is 11.6 Å². The van der Waals surface area contributed by atoms with Gasteiger partial charge in [-0.05, 0) is 44.2 Å². The molecular weight excluding hydrogens is 504 g/mol. The summed E-state index contributed by atoms with van der Waals surface area (Å²) >= 11 is 0. The van der Waals surface area contributed by atoms with E-state index in [0.717, 1.165) is 12.1 Å². The number of fused-ring (bicyclic) bond motifs is 3. The lowest BCUT2D eigenvalue weighted by atomic mass is 9.98. The summed E-state index contributed by atoms with van der Waals surface area (Å²) in [5.74, 6) is -2.08. The maximum absolute atomic E-state index is 13.8. The lowest BCUT2D eigenvalue weighted by molar-refractivity contribution is -0.277. The van der Waals surface area contributed by atoms with Gasteiger partial charge >= 0.3 is 0 Å². The fourth-order valence-corrected chi connectivity index (χ4v) is 4.41. The Balaban J connectivity index is 1.74. The van der Waals surface area contributed by atoms with Crippen molar-refractivity contribution in [2.45, 2.75) is 50.2 Å². The number of rotatable bonds is 4. The first-order valence-electron chi connectivity index (χ1n) is 11.7. The van der Waals surface area contributed by atoms with Crippen LogP contribution < -0.4 is 14.9 Å². The molecule has 0 spiro atoms. The molecule has 12 heteroatoms. The third-order valence-electron chi connectivity index (χ3n) is 6.45. The highest BCUT2D eigenvalue weighted by molar-refractivity contribution is 5.95. The quantitative estimate of drug-likeness (QED) is 0.236. The smallest absolute Gasteiger partial charge is 0.239 e. The monoisotopic (exact) mass is 530 g/mol.